The number of hydrogen-bond acceptors (Lipinski definition) is 5. The average molecular weight is 418 g/mol. The Morgan fingerprint density at radius 1 is 1.19 bits per heavy atom. The number of carbonyl (C=O) groups is 2. The van der Waals surface area contributed by atoms with Crippen molar-refractivity contribution in [2.45, 2.75) is 58.2 Å². The number of carbonyl (C=O) groups excluding carboxylic acids is 2. The van der Waals surface area contributed by atoms with Gasteiger partial charge in [-0.1, -0.05) is 25.0 Å². The van der Waals surface area contributed by atoms with E-state index in [0.717, 1.165) is 48.2 Å². The molecule has 0 bridgehead atoms. The molecule has 0 N–H and O–H groups in total. The number of esters is 1. The second-order valence-corrected chi connectivity index (χ2v) is 8.31. The Morgan fingerprint density at radius 3 is 2.77 bits per heavy atom. The first kappa shape index (κ1) is 19.7. The van der Waals surface area contributed by atoms with Gasteiger partial charge in [0.2, 0.25) is 0 Å². The van der Waals surface area contributed by atoms with Gasteiger partial charge < -0.3 is 14.2 Å². The summed E-state index contributed by atoms with van der Waals surface area (Å²) < 4.78 is 7.38. The van der Waals surface area contributed by atoms with E-state index in [9.17, 15) is 9.59 Å². The van der Waals surface area contributed by atoms with Crippen LogP contribution in [0.3, 0.4) is 0 Å². The Labute approximate surface area is 181 Å². The van der Waals surface area contributed by atoms with Crippen molar-refractivity contribution >= 4 is 22.9 Å². The van der Waals surface area contributed by atoms with Crippen LogP contribution in [0.4, 0.5) is 0 Å². The molecular weight excluding hydrogens is 392 g/mol. The molecular formula is C24H26N4O3. The molecule has 3 heterocycles. The van der Waals surface area contributed by atoms with Gasteiger partial charge in [-0.2, -0.15) is 0 Å². The second kappa shape index (κ2) is 7.80. The third kappa shape index (κ3) is 3.28. The molecule has 7 heteroatoms. The van der Waals surface area contributed by atoms with Gasteiger partial charge in [-0.15, -0.1) is 0 Å². The maximum absolute atomic E-state index is 13.4. The van der Waals surface area contributed by atoms with Gasteiger partial charge in [-0.05, 0) is 44.9 Å². The molecule has 1 saturated carbocycles. The number of para-hydroxylation sites is 2. The van der Waals surface area contributed by atoms with Crippen molar-refractivity contribution in [3.63, 3.8) is 0 Å². The van der Waals surface area contributed by atoms with Gasteiger partial charge in [0, 0.05) is 6.20 Å². The highest BCUT2D eigenvalue weighted by Gasteiger charge is 2.40. The van der Waals surface area contributed by atoms with Gasteiger partial charge in [-0.25, -0.2) is 9.78 Å². The summed E-state index contributed by atoms with van der Waals surface area (Å²) in [5.74, 6) is 0.484. The number of amides is 1. The Bertz CT molecular complexity index is 1170. The molecule has 2 aliphatic rings. The van der Waals surface area contributed by atoms with Crippen LogP contribution in [0.5, 0.6) is 0 Å². The molecule has 1 fully saturated rings. The van der Waals surface area contributed by atoms with E-state index in [1.54, 1.807) is 13.0 Å². The van der Waals surface area contributed by atoms with Crippen molar-refractivity contribution in [3.05, 3.63) is 59.2 Å². The number of imidazole rings is 1. The minimum absolute atomic E-state index is 0.0485. The van der Waals surface area contributed by atoms with E-state index in [4.69, 9.17) is 9.72 Å². The van der Waals surface area contributed by atoms with Crippen molar-refractivity contribution in [2.24, 2.45) is 0 Å². The summed E-state index contributed by atoms with van der Waals surface area (Å²) in [6.45, 7) is 4.57. The fourth-order valence-electron chi connectivity index (χ4n) is 5.13. The van der Waals surface area contributed by atoms with Crippen molar-refractivity contribution in [2.75, 3.05) is 6.61 Å². The number of rotatable bonds is 4. The lowest BCUT2D eigenvalue weighted by Crippen LogP contribution is -2.43. The van der Waals surface area contributed by atoms with Crippen molar-refractivity contribution < 1.29 is 14.3 Å². The van der Waals surface area contributed by atoms with Crippen LogP contribution in [0.15, 0.2) is 36.5 Å². The first-order chi connectivity index (χ1) is 15.1. The molecule has 2 atom stereocenters. The van der Waals surface area contributed by atoms with Crippen LogP contribution in [0.2, 0.25) is 0 Å². The molecule has 1 aliphatic carbocycles. The highest BCUT2D eigenvalue weighted by atomic mass is 16.5. The number of fused-ring (bicyclic) bond motifs is 2. The summed E-state index contributed by atoms with van der Waals surface area (Å²) in [6, 6.07) is 10.1. The normalized spacial score (nSPS) is 20.8. The third-order valence-corrected chi connectivity index (χ3v) is 6.49. The van der Waals surface area contributed by atoms with Crippen LogP contribution in [0.25, 0.3) is 11.0 Å². The largest absolute Gasteiger partial charge is 0.462 e. The van der Waals surface area contributed by atoms with E-state index in [-0.39, 0.29) is 24.6 Å². The molecule has 0 saturated heterocycles. The Balaban J connectivity index is 1.49. The van der Waals surface area contributed by atoms with E-state index in [0.29, 0.717) is 17.7 Å². The van der Waals surface area contributed by atoms with Gasteiger partial charge >= 0.3 is 5.97 Å². The predicted octanol–water partition coefficient (Wildman–Crippen LogP) is 4.06. The second-order valence-electron chi connectivity index (χ2n) is 8.31. The summed E-state index contributed by atoms with van der Waals surface area (Å²) in [6.07, 6.45) is 5.69. The zero-order valence-electron chi connectivity index (χ0n) is 17.9. The van der Waals surface area contributed by atoms with Gasteiger partial charge in [-0.3, -0.25) is 9.78 Å². The van der Waals surface area contributed by atoms with E-state index >= 15 is 0 Å². The van der Waals surface area contributed by atoms with Crippen molar-refractivity contribution in [3.8, 4) is 0 Å². The highest BCUT2D eigenvalue weighted by Crippen LogP contribution is 2.38. The first-order valence-corrected chi connectivity index (χ1v) is 11.0. The maximum atomic E-state index is 13.4. The van der Waals surface area contributed by atoms with Crippen LogP contribution in [-0.2, 0) is 11.3 Å². The number of nitrogens with zero attached hydrogens (tertiary/aromatic N) is 4. The minimum atomic E-state index is -0.444. The van der Waals surface area contributed by atoms with Crippen LogP contribution in [0.1, 0.15) is 70.9 Å². The molecule has 1 aliphatic heterocycles. The van der Waals surface area contributed by atoms with E-state index in [1.165, 1.54) is 6.20 Å². The van der Waals surface area contributed by atoms with Gasteiger partial charge in [0.25, 0.3) is 5.91 Å². The first-order valence-electron chi connectivity index (χ1n) is 11.0. The summed E-state index contributed by atoms with van der Waals surface area (Å²) in [5.41, 5.74) is 3.67. The van der Waals surface area contributed by atoms with Gasteiger partial charge in [0.1, 0.15) is 5.82 Å². The van der Waals surface area contributed by atoms with Crippen molar-refractivity contribution in [1.82, 2.24) is 19.4 Å². The topological polar surface area (TPSA) is 77.3 Å². The van der Waals surface area contributed by atoms with Gasteiger partial charge in [0.15, 0.2) is 0 Å². The Morgan fingerprint density at radius 2 is 1.97 bits per heavy atom. The lowest BCUT2D eigenvalue weighted by Gasteiger charge is -2.39. The van der Waals surface area contributed by atoms with Crippen LogP contribution < -0.4 is 0 Å². The molecule has 0 spiro atoms. The van der Waals surface area contributed by atoms with Gasteiger partial charge in [0.05, 0.1) is 53.1 Å². The number of aryl methyl sites for hydroxylation is 1. The molecule has 31 heavy (non-hydrogen) atoms. The zero-order valence-corrected chi connectivity index (χ0v) is 17.9. The number of benzene rings is 1. The van der Waals surface area contributed by atoms with E-state index < -0.39 is 5.97 Å². The number of hydrogen-bond donors (Lipinski definition) is 0. The molecule has 3 aromatic rings. The summed E-state index contributed by atoms with van der Waals surface area (Å²) in [7, 11) is 0. The Hall–Kier alpha value is -3.22. The summed E-state index contributed by atoms with van der Waals surface area (Å²) in [5, 5.41) is 0. The fourth-order valence-corrected chi connectivity index (χ4v) is 5.13. The molecule has 1 aromatic carbocycles. The molecule has 0 radical (unpaired) electrons. The quantitative estimate of drug-likeness (QED) is 0.597. The van der Waals surface area contributed by atoms with Crippen LogP contribution in [-0.4, -0.2) is 44.0 Å². The molecule has 5 rings (SSSR count). The lowest BCUT2D eigenvalue weighted by atomic mass is 9.88. The molecule has 1 amide bonds. The zero-order chi connectivity index (χ0) is 21.5. The summed E-state index contributed by atoms with van der Waals surface area (Å²) in [4.78, 5) is 36.6. The third-order valence-electron chi connectivity index (χ3n) is 6.49. The maximum Gasteiger partial charge on any atom is 0.339 e. The average Bonchev–Trinajstić information content (AvgIpc) is 3.29. The summed E-state index contributed by atoms with van der Waals surface area (Å²) >= 11 is 0. The van der Waals surface area contributed by atoms with Crippen LogP contribution in [0, 0.1) is 6.92 Å². The molecule has 160 valence electrons. The van der Waals surface area contributed by atoms with E-state index in [2.05, 4.69) is 15.6 Å². The molecule has 7 nitrogen and oxygen atoms in total. The monoisotopic (exact) mass is 418 g/mol. The predicted molar refractivity (Wildman–Crippen MR) is 116 cm³/mol. The Kier molecular flexibility index (Phi) is 4.96. The van der Waals surface area contributed by atoms with Crippen LogP contribution >= 0.6 is 0 Å². The van der Waals surface area contributed by atoms with E-state index in [1.807, 2.05) is 30.0 Å². The van der Waals surface area contributed by atoms with Crippen molar-refractivity contribution in [1.29, 1.82) is 0 Å². The minimum Gasteiger partial charge on any atom is -0.462 e. The highest BCUT2D eigenvalue weighted by molar-refractivity contribution is 6.00. The standard InChI is InChI=1S/C24H26N4O3/c1-3-31-24(30)16-12-17-19(25-13-16)14-27(23(17)29)21-10-6-7-11-22(21)28-15(2)26-18-8-4-5-9-20(18)28/h4-5,8-9,12-13,21-22H,3,6-7,10-11,14H2,1-2H3/t21-,22-/m1/s1. The number of pyridine rings is 1. The fraction of sp³-hybridized carbons (Fsp3) is 0.417. The lowest BCUT2D eigenvalue weighted by molar-refractivity contribution is 0.0525. The number of ether oxygens (including phenoxy) is 1. The molecule has 2 aromatic heterocycles. The smallest absolute Gasteiger partial charge is 0.339 e. The number of aromatic nitrogens is 3. The molecule has 0 unspecified atom stereocenters. The SMILES string of the molecule is CCOC(=O)c1cnc2c(c1)C(=O)N([C@@H]1CCCC[C@H]1n1c(C)nc3ccccc31)C2.